The topological polar surface area (TPSA) is 23.5 Å². The molecule has 3 fully saturated rings. The highest BCUT2D eigenvalue weighted by atomic mass is 16.3. The Kier molecular flexibility index (Phi) is 3.95. The fourth-order valence-corrected chi connectivity index (χ4v) is 5.01. The van der Waals surface area contributed by atoms with Gasteiger partial charge in [0.05, 0.1) is 6.10 Å². The van der Waals surface area contributed by atoms with Crippen molar-refractivity contribution in [2.75, 3.05) is 13.1 Å². The van der Waals surface area contributed by atoms with E-state index < -0.39 is 0 Å². The monoisotopic (exact) mass is 251 g/mol. The number of piperidine rings is 1. The van der Waals surface area contributed by atoms with Crippen molar-refractivity contribution in [2.24, 2.45) is 17.8 Å². The molecule has 2 nitrogen and oxygen atoms in total. The van der Waals surface area contributed by atoms with Crippen molar-refractivity contribution in [3.63, 3.8) is 0 Å². The molecule has 2 heterocycles. The van der Waals surface area contributed by atoms with Crippen LogP contribution in [-0.4, -0.2) is 35.2 Å². The van der Waals surface area contributed by atoms with E-state index in [2.05, 4.69) is 11.8 Å². The second kappa shape index (κ2) is 5.50. The smallest absolute Gasteiger partial charge is 0.0545 e. The van der Waals surface area contributed by atoms with E-state index in [1.54, 1.807) is 0 Å². The summed E-state index contributed by atoms with van der Waals surface area (Å²) in [5.41, 5.74) is 0. The van der Waals surface area contributed by atoms with E-state index in [4.69, 9.17) is 0 Å². The first-order valence-electron chi connectivity index (χ1n) is 8.14. The van der Waals surface area contributed by atoms with E-state index in [0.29, 0.717) is 0 Å². The molecule has 3 aliphatic rings. The standard InChI is InChI=1S/C16H29NO/c1-12-8-13(11-15(18)9-12)10-14-4-2-6-17-7-3-5-16(14)17/h12-16,18H,2-11H2,1H3. The van der Waals surface area contributed by atoms with Crippen LogP contribution in [0, 0.1) is 17.8 Å². The lowest BCUT2D eigenvalue weighted by molar-refractivity contribution is 0.0492. The van der Waals surface area contributed by atoms with Gasteiger partial charge in [-0.2, -0.15) is 0 Å². The molecule has 0 aromatic heterocycles. The predicted molar refractivity (Wildman–Crippen MR) is 74.4 cm³/mol. The molecule has 1 saturated carbocycles. The number of fused-ring (bicyclic) bond motifs is 1. The molecule has 2 aliphatic heterocycles. The van der Waals surface area contributed by atoms with E-state index in [9.17, 15) is 5.11 Å². The van der Waals surface area contributed by atoms with E-state index in [0.717, 1.165) is 36.6 Å². The number of aliphatic hydroxyl groups excluding tert-OH is 1. The highest BCUT2D eigenvalue weighted by molar-refractivity contribution is 4.90. The Morgan fingerprint density at radius 3 is 2.61 bits per heavy atom. The van der Waals surface area contributed by atoms with Crippen LogP contribution in [0.5, 0.6) is 0 Å². The van der Waals surface area contributed by atoms with Crippen molar-refractivity contribution in [3.05, 3.63) is 0 Å². The molecule has 2 saturated heterocycles. The fraction of sp³-hybridized carbons (Fsp3) is 1.00. The zero-order valence-corrected chi connectivity index (χ0v) is 11.9. The Bertz CT molecular complexity index is 270. The van der Waals surface area contributed by atoms with E-state index in [1.165, 1.54) is 51.6 Å². The fourth-order valence-electron chi connectivity index (χ4n) is 5.01. The summed E-state index contributed by atoms with van der Waals surface area (Å²) in [5.74, 6) is 2.47. The average Bonchev–Trinajstić information content (AvgIpc) is 2.76. The zero-order valence-electron chi connectivity index (χ0n) is 11.9. The second-order valence-corrected chi connectivity index (χ2v) is 7.22. The lowest BCUT2D eigenvalue weighted by Crippen LogP contribution is -2.42. The molecule has 0 bridgehead atoms. The minimum absolute atomic E-state index is 0.0120. The Hall–Kier alpha value is -0.0800. The van der Waals surface area contributed by atoms with Crippen molar-refractivity contribution in [2.45, 2.75) is 70.4 Å². The third kappa shape index (κ3) is 2.75. The van der Waals surface area contributed by atoms with Crippen molar-refractivity contribution in [1.29, 1.82) is 0 Å². The van der Waals surface area contributed by atoms with Gasteiger partial charge in [0.2, 0.25) is 0 Å². The summed E-state index contributed by atoms with van der Waals surface area (Å²) in [6.45, 7) is 5.02. The van der Waals surface area contributed by atoms with E-state index >= 15 is 0 Å². The lowest BCUT2D eigenvalue weighted by Gasteiger charge is -2.40. The van der Waals surface area contributed by atoms with Crippen LogP contribution >= 0.6 is 0 Å². The molecule has 0 amide bonds. The Labute approximate surface area is 112 Å². The molecule has 2 heteroatoms. The third-order valence-electron chi connectivity index (χ3n) is 5.63. The zero-order chi connectivity index (χ0) is 12.5. The van der Waals surface area contributed by atoms with Crippen LogP contribution in [0.25, 0.3) is 0 Å². The maximum Gasteiger partial charge on any atom is 0.0545 e. The van der Waals surface area contributed by atoms with Crippen molar-refractivity contribution < 1.29 is 5.11 Å². The summed E-state index contributed by atoms with van der Waals surface area (Å²) in [5, 5.41) is 9.96. The molecule has 0 aromatic carbocycles. The van der Waals surface area contributed by atoms with Crippen molar-refractivity contribution >= 4 is 0 Å². The van der Waals surface area contributed by atoms with Crippen LogP contribution in [0.3, 0.4) is 0 Å². The second-order valence-electron chi connectivity index (χ2n) is 7.22. The molecule has 0 radical (unpaired) electrons. The Balaban J connectivity index is 1.58. The molecular weight excluding hydrogens is 222 g/mol. The van der Waals surface area contributed by atoms with Crippen LogP contribution in [0.2, 0.25) is 0 Å². The normalized spacial score (nSPS) is 46.0. The van der Waals surface area contributed by atoms with Gasteiger partial charge >= 0.3 is 0 Å². The Morgan fingerprint density at radius 1 is 1.06 bits per heavy atom. The van der Waals surface area contributed by atoms with E-state index in [-0.39, 0.29) is 6.10 Å². The summed E-state index contributed by atoms with van der Waals surface area (Å²) >= 11 is 0. The highest BCUT2D eigenvalue weighted by Crippen LogP contribution is 2.39. The van der Waals surface area contributed by atoms with Gasteiger partial charge < -0.3 is 10.0 Å². The first-order chi connectivity index (χ1) is 8.72. The van der Waals surface area contributed by atoms with Crippen LogP contribution in [0.1, 0.15) is 58.3 Å². The van der Waals surface area contributed by atoms with Gasteiger partial charge in [0.1, 0.15) is 0 Å². The van der Waals surface area contributed by atoms with Gasteiger partial charge in [-0.25, -0.2) is 0 Å². The molecule has 1 aliphatic carbocycles. The summed E-state index contributed by atoms with van der Waals surface area (Å²) < 4.78 is 0. The number of aliphatic hydroxyl groups is 1. The molecule has 18 heavy (non-hydrogen) atoms. The van der Waals surface area contributed by atoms with Crippen LogP contribution in [0.15, 0.2) is 0 Å². The quantitative estimate of drug-likeness (QED) is 0.815. The first-order valence-corrected chi connectivity index (χ1v) is 8.14. The van der Waals surface area contributed by atoms with Gasteiger partial charge in [-0.1, -0.05) is 6.92 Å². The number of rotatable bonds is 2. The van der Waals surface area contributed by atoms with E-state index in [1.807, 2.05) is 0 Å². The van der Waals surface area contributed by atoms with Gasteiger partial charge in [0, 0.05) is 6.04 Å². The van der Waals surface area contributed by atoms with Gasteiger partial charge in [-0.05, 0) is 82.2 Å². The average molecular weight is 251 g/mol. The van der Waals surface area contributed by atoms with Crippen molar-refractivity contribution in [1.82, 2.24) is 4.90 Å². The molecule has 3 rings (SSSR count). The molecule has 1 N–H and O–H groups in total. The SMILES string of the molecule is CC1CC(O)CC(CC2CCCN3CCCC23)C1. The van der Waals surface area contributed by atoms with Gasteiger partial charge in [-0.15, -0.1) is 0 Å². The molecule has 5 unspecified atom stereocenters. The van der Waals surface area contributed by atoms with Crippen molar-refractivity contribution in [3.8, 4) is 0 Å². The minimum atomic E-state index is -0.0120. The van der Waals surface area contributed by atoms with Crippen LogP contribution < -0.4 is 0 Å². The first kappa shape index (κ1) is 12.9. The maximum atomic E-state index is 9.96. The summed E-state index contributed by atoms with van der Waals surface area (Å²) in [4.78, 5) is 2.75. The number of nitrogens with zero attached hydrogens (tertiary/aromatic N) is 1. The summed E-state index contributed by atoms with van der Waals surface area (Å²) in [7, 11) is 0. The van der Waals surface area contributed by atoms with Crippen LogP contribution in [-0.2, 0) is 0 Å². The largest absolute Gasteiger partial charge is 0.393 e. The molecule has 5 atom stereocenters. The Morgan fingerprint density at radius 2 is 1.83 bits per heavy atom. The highest BCUT2D eigenvalue weighted by Gasteiger charge is 2.36. The lowest BCUT2D eigenvalue weighted by atomic mass is 9.73. The molecule has 104 valence electrons. The molecule has 0 spiro atoms. The number of hydrogen-bond donors (Lipinski definition) is 1. The van der Waals surface area contributed by atoms with Gasteiger partial charge in [0.25, 0.3) is 0 Å². The molecular formula is C16H29NO. The number of hydrogen-bond acceptors (Lipinski definition) is 2. The maximum absolute atomic E-state index is 9.96. The third-order valence-corrected chi connectivity index (χ3v) is 5.63. The summed E-state index contributed by atoms with van der Waals surface area (Å²) in [6.07, 6.45) is 10.6. The predicted octanol–water partition coefficient (Wildman–Crippen LogP) is 3.05. The summed E-state index contributed by atoms with van der Waals surface area (Å²) in [6, 6.07) is 0.896. The minimum Gasteiger partial charge on any atom is -0.393 e. The van der Waals surface area contributed by atoms with Gasteiger partial charge in [-0.3, -0.25) is 0 Å². The molecule has 0 aromatic rings. The van der Waals surface area contributed by atoms with Crippen LogP contribution in [0.4, 0.5) is 0 Å². The van der Waals surface area contributed by atoms with Gasteiger partial charge in [0.15, 0.2) is 0 Å².